The van der Waals surface area contributed by atoms with Crippen LogP contribution in [-0.4, -0.2) is 52.1 Å². The van der Waals surface area contributed by atoms with Crippen LogP contribution < -0.4 is 14.2 Å². The highest BCUT2D eigenvalue weighted by Crippen LogP contribution is 2.40. The maximum Gasteiger partial charge on any atom is 0.209 e. The minimum absolute atomic E-state index is 0.0763. The Morgan fingerprint density at radius 1 is 1.02 bits per heavy atom. The van der Waals surface area contributed by atoms with Gasteiger partial charge in [0.05, 0.1) is 31.2 Å². The lowest BCUT2D eigenvalue weighted by atomic mass is 9.86. The van der Waals surface area contributed by atoms with E-state index in [9.17, 15) is 8.42 Å². The summed E-state index contributed by atoms with van der Waals surface area (Å²) < 4.78 is 46.4. The summed E-state index contributed by atoms with van der Waals surface area (Å²) in [6.07, 6.45) is 7.95. The maximum absolute atomic E-state index is 13.7. The van der Waals surface area contributed by atoms with E-state index in [1.807, 2.05) is 48.8 Å². The number of hydrogen-bond acceptors (Lipinski definition) is 6. The first kappa shape index (κ1) is 29.0. The van der Waals surface area contributed by atoms with Crippen molar-refractivity contribution in [1.29, 1.82) is 0 Å². The topological polar surface area (TPSA) is 69.5 Å². The molecule has 1 aliphatic carbocycles. The molecule has 41 heavy (non-hydrogen) atoms. The predicted octanol–water partition coefficient (Wildman–Crippen LogP) is 6.69. The largest absolute Gasteiger partial charge is 0.494 e. The lowest BCUT2D eigenvalue weighted by molar-refractivity contribution is 0.198. The first-order chi connectivity index (χ1) is 19.7. The number of rotatable bonds is 11. The van der Waals surface area contributed by atoms with Gasteiger partial charge in [-0.25, -0.2) is 8.42 Å². The minimum atomic E-state index is -3.70. The Balaban J connectivity index is 1.22. The lowest BCUT2D eigenvalue weighted by Gasteiger charge is -2.34. The van der Waals surface area contributed by atoms with Gasteiger partial charge in [0.15, 0.2) is 11.5 Å². The molecule has 0 saturated carbocycles. The average molecular weight is 577 g/mol. The third-order valence-corrected chi connectivity index (χ3v) is 9.95. The second-order valence-electron chi connectivity index (χ2n) is 11.0. The molecule has 0 bridgehead atoms. The van der Waals surface area contributed by atoms with Crippen LogP contribution in [0.5, 0.6) is 17.2 Å². The molecule has 2 aromatic carbocycles. The monoisotopic (exact) mass is 576 g/mol. The molecule has 0 radical (unpaired) electrons. The van der Waals surface area contributed by atoms with Gasteiger partial charge in [0.25, 0.3) is 0 Å². The van der Waals surface area contributed by atoms with Gasteiger partial charge in [-0.2, -0.15) is 0 Å². The molecule has 5 rings (SSSR count). The molecule has 0 saturated heterocycles. The van der Waals surface area contributed by atoms with E-state index < -0.39 is 9.84 Å². The Morgan fingerprint density at radius 2 is 1.76 bits per heavy atom. The number of fused-ring (bicyclic) bond motifs is 2. The number of ether oxygens (including phenoxy) is 3. The second-order valence-corrected chi connectivity index (χ2v) is 12.9. The Morgan fingerprint density at radius 3 is 2.46 bits per heavy atom. The summed E-state index contributed by atoms with van der Waals surface area (Å²) in [5.41, 5.74) is 4.15. The van der Waals surface area contributed by atoms with Crippen LogP contribution in [-0.2, 0) is 16.3 Å². The van der Waals surface area contributed by atoms with Crippen LogP contribution in [0.2, 0.25) is 0 Å². The molecule has 8 heteroatoms. The standard InChI is InChI=1S/C33H40N2O5S/c1-23(2)28-22-35-18-7-6-11-30(35)33(28)41(36,37)26-15-13-25(14-16-26)40-19-9-17-34(3)29-12-8-10-24-20-31(38-4)32(39-5)21-27(24)29/h6-7,11,13-16,18,20-23,29H,8-10,12,17,19H2,1-5H3. The number of aromatic nitrogens is 1. The summed E-state index contributed by atoms with van der Waals surface area (Å²) in [6.45, 7) is 5.46. The maximum atomic E-state index is 13.7. The van der Waals surface area contributed by atoms with E-state index in [0.717, 1.165) is 49.3 Å². The highest BCUT2D eigenvalue weighted by molar-refractivity contribution is 7.91. The molecule has 1 unspecified atom stereocenters. The molecule has 0 amide bonds. The van der Waals surface area contributed by atoms with Crippen LogP contribution in [0.25, 0.3) is 5.52 Å². The van der Waals surface area contributed by atoms with Gasteiger partial charge < -0.3 is 18.6 Å². The van der Waals surface area contributed by atoms with E-state index in [2.05, 4.69) is 24.1 Å². The van der Waals surface area contributed by atoms with Crippen molar-refractivity contribution in [2.24, 2.45) is 0 Å². The third-order valence-electron chi connectivity index (χ3n) is 8.07. The van der Waals surface area contributed by atoms with Crippen LogP contribution in [0, 0.1) is 0 Å². The van der Waals surface area contributed by atoms with Crippen molar-refractivity contribution < 1.29 is 22.6 Å². The van der Waals surface area contributed by atoms with E-state index in [1.54, 1.807) is 38.5 Å². The van der Waals surface area contributed by atoms with Crippen LogP contribution in [0.15, 0.2) is 76.8 Å². The van der Waals surface area contributed by atoms with Crippen molar-refractivity contribution in [3.8, 4) is 17.2 Å². The summed E-state index contributed by atoms with van der Waals surface area (Å²) in [6, 6.07) is 17.0. The fraction of sp³-hybridized carbons (Fsp3) is 0.394. The first-order valence-electron chi connectivity index (χ1n) is 14.3. The average Bonchev–Trinajstić information content (AvgIpc) is 3.39. The summed E-state index contributed by atoms with van der Waals surface area (Å²) in [5, 5.41) is 0. The zero-order valence-corrected chi connectivity index (χ0v) is 25.4. The minimum Gasteiger partial charge on any atom is -0.494 e. The highest BCUT2D eigenvalue weighted by atomic mass is 32.2. The number of aryl methyl sites for hydroxylation is 1. The van der Waals surface area contributed by atoms with Crippen molar-refractivity contribution in [3.05, 3.63) is 83.7 Å². The van der Waals surface area contributed by atoms with E-state index in [4.69, 9.17) is 14.2 Å². The molecule has 2 aromatic heterocycles. The van der Waals surface area contributed by atoms with Crippen LogP contribution in [0.3, 0.4) is 0 Å². The van der Waals surface area contributed by atoms with Crippen molar-refractivity contribution in [2.75, 3.05) is 34.4 Å². The molecule has 218 valence electrons. The van der Waals surface area contributed by atoms with Crippen molar-refractivity contribution >= 4 is 15.4 Å². The number of benzene rings is 2. The van der Waals surface area contributed by atoms with E-state index in [1.165, 1.54) is 11.1 Å². The van der Waals surface area contributed by atoms with Crippen molar-refractivity contribution in [2.45, 2.75) is 61.3 Å². The number of nitrogens with zero attached hydrogens (tertiary/aromatic N) is 2. The van der Waals surface area contributed by atoms with Gasteiger partial charge in [0, 0.05) is 25.0 Å². The molecule has 1 atom stereocenters. The summed E-state index contributed by atoms with van der Waals surface area (Å²) in [7, 11) is 1.82. The Hall–Kier alpha value is -3.49. The molecule has 0 aliphatic heterocycles. The molecular weight excluding hydrogens is 536 g/mol. The van der Waals surface area contributed by atoms with Gasteiger partial charge in [0.2, 0.25) is 9.84 Å². The van der Waals surface area contributed by atoms with E-state index in [-0.39, 0.29) is 10.8 Å². The SMILES string of the molecule is COc1cc2c(cc1OC)C(N(C)CCCOc1ccc(S(=O)(=O)c3c(C(C)C)cn4ccccc34)cc1)CCC2. The Labute approximate surface area is 243 Å². The fourth-order valence-corrected chi connectivity index (χ4v) is 7.65. The normalized spacial score (nSPS) is 15.3. The molecule has 7 nitrogen and oxygen atoms in total. The summed E-state index contributed by atoms with van der Waals surface area (Å²) >= 11 is 0. The van der Waals surface area contributed by atoms with Gasteiger partial charge in [-0.05, 0) is 104 Å². The zero-order valence-electron chi connectivity index (χ0n) is 24.6. The highest BCUT2D eigenvalue weighted by Gasteiger charge is 2.28. The third kappa shape index (κ3) is 5.81. The quantitative estimate of drug-likeness (QED) is 0.185. The van der Waals surface area contributed by atoms with E-state index in [0.29, 0.717) is 28.8 Å². The zero-order chi connectivity index (χ0) is 29.1. The smallest absolute Gasteiger partial charge is 0.209 e. The Kier molecular flexibility index (Phi) is 8.61. The Bertz CT molecular complexity index is 1610. The molecule has 2 heterocycles. The first-order valence-corrected chi connectivity index (χ1v) is 15.8. The number of hydrogen-bond donors (Lipinski definition) is 0. The van der Waals surface area contributed by atoms with Gasteiger partial charge in [-0.1, -0.05) is 19.9 Å². The molecule has 4 aromatic rings. The lowest BCUT2D eigenvalue weighted by Crippen LogP contribution is -2.29. The van der Waals surface area contributed by atoms with Gasteiger partial charge in [-0.15, -0.1) is 0 Å². The number of pyridine rings is 1. The van der Waals surface area contributed by atoms with Gasteiger partial charge in [0.1, 0.15) is 10.6 Å². The van der Waals surface area contributed by atoms with E-state index >= 15 is 0 Å². The molecule has 0 spiro atoms. The molecule has 0 fully saturated rings. The van der Waals surface area contributed by atoms with Crippen LogP contribution in [0.1, 0.15) is 61.8 Å². The summed E-state index contributed by atoms with van der Waals surface area (Å²) in [5.74, 6) is 2.29. The number of sulfone groups is 1. The van der Waals surface area contributed by atoms with Crippen molar-refractivity contribution in [1.82, 2.24) is 9.30 Å². The molecule has 0 N–H and O–H groups in total. The van der Waals surface area contributed by atoms with Crippen LogP contribution >= 0.6 is 0 Å². The van der Waals surface area contributed by atoms with Crippen molar-refractivity contribution in [3.63, 3.8) is 0 Å². The molecular formula is C33H40N2O5S. The predicted molar refractivity (Wildman–Crippen MR) is 161 cm³/mol. The second kappa shape index (κ2) is 12.2. The van der Waals surface area contributed by atoms with Gasteiger partial charge >= 0.3 is 0 Å². The number of methoxy groups -OCH3 is 2. The summed E-state index contributed by atoms with van der Waals surface area (Å²) in [4.78, 5) is 3.04. The van der Waals surface area contributed by atoms with Gasteiger partial charge in [-0.3, -0.25) is 4.90 Å². The van der Waals surface area contributed by atoms with Crippen LogP contribution in [0.4, 0.5) is 0 Å². The fourth-order valence-electron chi connectivity index (χ4n) is 5.88. The molecule has 1 aliphatic rings.